The van der Waals surface area contributed by atoms with Gasteiger partial charge in [0.25, 0.3) is 0 Å². The molecule has 0 bridgehead atoms. The van der Waals surface area contributed by atoms with E-state index in [1.807, 2.05) is 30.3 Å². The first-order valence-corrected chi connectivity index (χ1v) is 10.3. The highest BCUT2D eigenvalue weighted by molar-refractivity contribution is 6.31. The van der Waals surface area contributed by atoms with Gasteiger partial charge in [-0.25, -0.2) is 9.78 Å². The summed E-state index contributed by atoms with van der Waals surface area (Å²) in [6.07, 6.45) is -1.79. The summed E-state index contributed by atoms with van der Waals surface area (Å²) in [5, 5.41) is 19.1. The second-order valence-corrected chi connectivity index (χ2v) is 7.85. The molecule has 0 aliphatic rings. The SMILES string of the molecule is CC(C)OC(=O)Nc1cccc(C(O)Nc2c3ccccc3nc3cc(Cl)ccc23)c1. The third-order valence-corrected chi connectivity index (χ3v) is 4.95. The Morgan fingerprint density at radius 1 is 1.00 bits per heavy atom. The van der Waals surface area contributed by atoms with Crippen molar-refractivity contribution in [2.75, 3.05) is 10.6 Å². The molecular formula is C24H22ClN3O3. The third-order valence-electron chi connectivity index (χ3n) is 4.72. The molecule has 4 aromatic rings. The number of hydrogen-bond acceptors (Lipinski definition) is 5. The van der Waals surface area contributed by atoms with Gasteiger partial charge in [0, 0.05) is 27.0 Å². The number of aliphatic hydroxyl groups is 1. The number of carbonyl (C=O) groups is 1. The van der Waals surface area contributed by atoms with Crippen LogP contribution in [0.1, 0.15) is 25.6 Å². The van der Waals surface area contributed by atoms with Crippen LogP contribution in [0.2, 0.25) is 5.02 Å². The highest BCUT2D eigenvalue weighted by atomic mass is 35.5. The highest BCUT2D eigenvalue weighted by Crippen LogP contribution is 2.34. The number of para-hydroxylation sites is 1. The first-order chi connectivity index (χ1) is 14.9. The topological polar surface area (TPSA) is 83.5 Å². The molecule has 0 fully saturated rings. The number of pyridine rings is 1. The van der Waals surface area contributed by atoms with E-state index >= 15 is 0 Å². The first-order valence-electron chi connectivity index (χ1n) is 9.91. The van der Waals surface area contributed by atoms with Crippen LogP contribution < -0.4 is 10.6 Å². The van der Waals surface area contributed by atoms with E-state index in [1.54, 1.807) is 50.2 Å². The fraction of sp³-hybridized carbons (Fsp3) is 0.167. The Hall–Kier alpha value is -3.35. The number of anilines is 2. The number of nitrogens with one attached hydrogen (secondary N) is 2. The van der Waals surface area contributed by atoms with Gasteiger partial charge in [0.05, 0.1) is 22.8 Å². The van der Waals surface area contributed by atoms with Gasteiger partial charge in [-0.2, -0.15) is 0 Å². The minimum absolute atomic E-state index is 0.225. The minimum Gasteiger partial charge on any atom is -0.447 e. The van der Waals surface area contributed by atoms with E-state index in [9.17, 15) is 9.90 Å². The average molecular weight is 436 g/mol. The largest absolute Gasteiger partial charge is 0.447 e. The number of hydrogen-bond donors (Lipinski definition) is 3. The number of amides is 1. The predicted molar refractivity (Wildman–Crippen MR) is 125 cm³/mol. The van der Waals surface area contributed by atoms with Crippen molar-refractivity contribution >= 4 is 50.9 Å². The summed E-state index contributed by atoms with van der Waals surface area (Å²) in [5.74, 6) is 0. The summed E-state index contributed by atoms with van der Waals surface area (Å²) >= 11 is 6.16. The van der Waals surface area contributed by atoms with Crippen molar-refractivity contribution in [1.29, 1.82) is 0 Å². The van der Waals surface area contributed by atoms with Crippen LogP contribution in [0.4, 0.5) is 16.2 Å². The molecule has 1 atom stereocenters. The van der Waals surface area contributed by atoms with E-state index in [0.29, 0.717) is 16.3 Å². The van der Waals surface area contributed by atoms with Crippen molar-refractivity contribution in [1.82, 2.24) is 4.98 Å². The number of halogens is 1. The molecular weight excluding hydrogens is 414 g/mol. The van der Waals surface area contributed by atoms with Crippen LogP contribution in [-0.2, 0) is 4.74 Å². The number of rotatable bonds is 5. The maximum atomic E-state index is 11.9. The van der Waals surface area contributed by atoms with Gasteiger partial charge in [-0.1, -0.05) is 41.9 Å². The maximum absolute atomic E-state index is 11.9. The molecule has 1 heterocycles. The lowest BCUT2D eigenvalue weighted by Gasteiger charge is -2.19. The number of carbonyl (C=O) groups excluding carboxylic acids is 1. The number of benzene rings is 3. The van der Waals surface area contributed by atoms with Gasteiger partial charge in [-0.15, -0.1) is 0 Å². The molecule has 7 heteroatoms. The molecule has 1 unspecified atom stereocenters. The summed E-state index contributed by atoms with van der Waals surface area (Å²) in [6.45, 7) is 3.56. The molecule has 3 N–H and O–H groups in total. The van der Waals surface area contributed by atoms with Gasteiger partial charge in [-0.3, -0.25) is 5.32 Å². The molecule has 1 amide bonds. The van der Waals surface area contributed by atoms with Crippen molar-refractivity contribution < 1.29 is 14.6 Å². The molecule has 3 aromatic carbocycles. The average Bonchev–Trinajstić information content (AvgIpc) is 2.72. The van der Waals surface area contributed by atoms with Crippen LogP contribution in [0.5, 0.6) is 0 Å². The first kappa shape index (κ1) is 20.9. The van der Waals surface area contributed by atoms with Gasteiger partial charge in [0.15, 0.2) is 6.23 Å². The molecule has 0 radical (unpaired) electrons. The van der Waals surface area contributed by atoms with Crippen LogP contribution in [-0.4, -0.2) is 22.3 Å². The maximum Gasteiger partial charge on any atom is 0.411 e. The smallest absolute Gasteiger partial charge is 0.411 e. The molecule has 0 saturated heterocycles. The molecule has 31 heavy (non-hydrogen) atoms. The second kappa shape index (κ2) is 8.79. The molecule has 158 valence electrons. The molecule has 6 nitrogen and oxygen atoms in total. The number of nitrogens with zero attached hydrogens (tertiary/aromatic N) is 1. The Morgan fingerprint density at radius 2 is 1.77 bits per heavy atom. The second-order valence-electron chi connectivity index (χ2n) is 7.42. The molecule has 0 aliphatic carbocycles. The highest BCUT2D eigenvalue weighted by Gasteiger charge is 2.15. The van der Waals surface area contributed by atoms with Gasteiger partial charge >= 0.3 is 6.09 Å². The van der Waals surface area contributed by atoms with Crippen LogP contribution in [0.3, 0.4) is 0 Å². The quantitative estimate of drug-likeness (QED) is 0.260. The summed E-state index contributed by atoms with van der Waals surface area (Å²) in [7, 11) is 0. The van der Waals surface area contributed by atoms with Crippen molar-refractivity contribution in [3.8, 4) is 0 Å². The summed E-state index contributed by atoms with van der Waals surface area (Å²) < 4.78 is 5.11. The molecule has 0 aliphatic heterocycles. The third kappa shape index (κ3) is 4.71. The minimum atomic E-state index is -1.02. The van der Waals surface area contributed by atoms with Crippen LogP contribution in [0.15, 0.2) is 66.7 Å². The zero-order chi connectivity index (χ0) is 22.0. The lowest BCUT2D eigenvalue weighted by Crippen LogP contribution is -2.18. The Labute approximate surface area is 184 Å². The van der Waals surface area contributed by atoms with Crippen LogP contribution >= 0.6 is 11.6 Å². The lowest BCUT2D eigenvalue weighted by atomic mass is 10.1. The van der Waals surface area contributed by atoms with E-state index in [1.165, 1.54) is 0 Å². The zero-order valence-corrected chi connectivity index (χ0v) is 17.9. The number of aliphatic hydroxyl groups excluding tert-OH is 1. The van der Waals surface area contributed by atoms with E-state index in [2.05, 4.69) is 15.6 Å². The van der Waals surface area contributed by atoms with E-state index < -0.39 is 12.3 Å². The van der Waals surface area contributed by atoms with Gasteiger partial charge in [0.1, 0.15) is 0 Å². The van der Waals surface area contributed by atoms with Crippen molar-refractivity contribution in [3.63, 3.8) is 0 Å². The van der Waals surface area contributed by atoms with E-state index in [0.717, 1.165) is 27.5 Å². The van der Waals surface area contributed by atoms with E-state index in [-0.39, 0.29) is 6.10 Å². The number of fused-ring (bicyclic) bond motifs is 2. The Morgan fingerprint density at radius 3 is 2.58 bits per heavy atom. The monoisotopic (exact) mass is 435 g/mol. The summed E-state index contributed by atoms with van der Waals surface area (Å²) in [4.78, 5) is 16.6. The summed E-state index contributed by atoms with van der Waals surface area (Å²) in [6, 6.07) is 20.1. The summed E-state index contributed by atoms with van der Waals surface area (Å²) in [5.41, 5.74) is 3.39. The molecule has 4 rings (SSSR count). The number of aromatic nitrogens is 1. The van der Waals surface area contributed by atoms with E-state index in [4.69, 9.17) is 16.3 Å². The fourth-order valence-corrected chi connectivity index (χ4v) is 3.56. The fourth-order valence-electron chi connectivity index (χ4n) is 3.39. The number of ether oxygens (including phenoxy) is 1. The normalized spacial score (nSPS) is 12.2. The van der Waals surface area contributed by atoms with Crippen molar-refractivity contribution in [2.24, 2.45) is 0 Å². The van der Waals surface area contributed by atoms with Crippen LogP contribution in [0.25, 0.3) is 21.8 Å². The Kier molecular flexibility index (Phi) is 5.93. The van der Waals surface area contributed by atoms with Gasteiger partial charge in [0.2, 0.25) is 0 Å². The van der Waals surface area contributed by atoms with Gasteiger partial charge < -0.3 is 15.2 Å². The van der Waals surface area contributed by atoms with Crippen LogP contribution in [0, 0.1) is 0 Å². The molecule has 0 spiro atoms. The van der Waals surface area contributed by atoms with Crippen molar-refractivity contribution in [2.45, 2.75) is 26.2 Å². The predicted octanol–water partition coefficient (Wildman–Crippen LogP) is 6.10. The molecule has 1 aromatic heterocycles. The molecule has 0 saturated carbocycles. The lowest BCUT2D eigenvalue weighted by molar-refractivity contribution is 0.130. The zero-order valence-electron chi connectivity index (χ0n) is 17.1. The Balaban J connectivity index is 1.67. The Bertz CT molecular complexity index is 1260. The van der Waals surface area contributed by atoms with Crippen molar-refractivity contribution in [3.05, 3.63) is 77.3 Å². The van der Waals surface area contributed by atoms with Gasteiger partial charge in [-0.05, 0) is 50.2 Å². The standard InChI is InChI=1S/C24H22ClN3O3/c1-14(2)31-24(30)26-17-7-5-6-15(12-17)23(29)28-22-18-8-3-4-9-20(18)27-21-13-16(25)10-11-19(21)22/h3-14,23,29H,1-2H3,(H,26,30)(H,27,28).